The van der Waals surface area contributed by atoms with E-state index in [1.807, 2.05) is 0 Å². The van der Waals surface area contributed by atoms with E-state index < -0.39 is 0 Å². The van der Waals surface area contributed by atoms with E-state index >= 15 is 0 Å². The van der Waals surface area contributed by atoms with Gasteiger partial charge in [-0.3, -0.25) is 0 Å². The minimum absolute atomic E-state index is 0. The summed E-state index contributed by atoms with van der Waals surface area (Å²) in [7, 11) is 0. The molecule has 2 nitrogen and oxygen atoms in total. The average molecular weight is 195 g/mol. The van der Waals surface area contributed by atoms with Gasteiger partial charge in [-0.05, 0) is 4.73 Å². The monoisotopic (exact) mass is 193 g/mol. The maximum Gasteiger partial charge on any atom is 0.175 e. The Morgan fingerprint density at radius 1 is 1.33 bits per heavy atom. The molecule has 0 aliphatic rings. The van der Waals surface area contributed by atoms with Crippen LogP contribution in [0.4, 0.5) is 0 Å². The van der Waals surface area contributed by atoms with E-state index in [1.54, 1.807) is 18.2 Å². The molecule has 0 aliphatic heterocycles. The van der Waals surface area contributed by atoms with Crippen LogP contribution in [0.5, 0.6) is 0 Å². The molecule has 0 spiro atoms. The van der Waals surface area contributed by atoms with E-state index in [4.69, 9.17) is 0 Å². The zero-order valence-corrected chi connectivity index (χ0v) is 8.47. The topological polar surface area (TPSA) is 23.8 Å². The summed E-state index contributed by atoms with van der Waals surface area (Å²) < 4.78 is 0.625. The fourth-order valence-corrected chi connectivity index (χ4v) is 0.343. The largest absolute Gasteiger partial charge is 1.00 e. The van der Waals surface area contributed by atoms with Gasteiger partial charge >= 0.3 is 0 Å². The number of hydrogen-bond donors (Lipinski definition) is 0. The van der Waals surface area contributed by atoms with Gasteiger partial charge in [0, 0.05) is 24.7 Å². The first-order valence-electron chi connectivity index (χ1n) is 1.95. The number of rotatable bonds is 0. The van der Waals surface area contributed by atoms with Gasteiger partial charge in [0.15, 0.2) is 6.20 Å². The molecule has 0 unspecified atom stereocenters. The first-order valence-corrected chi connectivity index (χ1v) is 1.95. The first-order chi connectivity index (χ1) is 3.39. The van der Waals surface area contributed by atoms with Gasteiger partial charge in [-0.15, -0.1) is 12.1 Å². The molecule has 1 rings (SSSR count). The van der Waals surface area contributed by atoms with Crippen LogP contribution < -0.4 is 17.1 Å². The van der Waals surface area contributed by atoms with Crippen molar-refractivity contribution in [3.8, 4) is 0 Å². The Balaban J connectivity index is 0. The van der Waals surface area contributed by atoms with E-state index in [2.05, 4.69) is 6.20 Å². The Labute approximate surface area is 72.6 Å². The van der Waals surface area contributed by atoms with E-state index in [-0.39, 0.29) is 31.9 Å². The van der Waals surface area contributed by atoms with E-state index in [9.17, 15) is 5.21 Å². The zero-order chi connectivity index (χ0) is 5.11. The number of pyridine rings is 1. The molecule has 0 bridgehead atoms. The van der Waals surface area contributed by atoms with Crippen LogP contribution in [0, 0.1) is 6.20 Å². The molecule has 1 radical (unpaired) electrons. The molecule has 9 heavy (non-hydrogen) atoms. The quantitative estimate of drug-likeness (QED) is 0.239. The van der Waals surface area contributed by atoms with Gasteiger partial charge in [-0.1, -0.05) is 0 Å². The average Bonchev–Trinajstić information content (AvgIpc) is 1.69. The van der Waals surface area contributed by atoms with Crippen LogP contribution in [0.2, 0.25) is 0 Å². The maximum absolute atomic E-state index is 10.1. The molecule has 0 aromatic carbocycles. The van der Waals surface area contributed by atoms with Crippen molar-refractivity contribution in [3.05, 3.63) is 30.6 Å². The summed E-state index contributed by atoms with van der Waals surface area (Å²) in [5.41, 5.74) is 0. The summed E-state index contributed by atoms with van der Waals surface area (Å²) in [5.74, 6) is 0. The molecule has 4 heteroatoms. The Morgan fingerprint density at radius 3 is 2.22 bits per heavy atom. The molecule has 0 fully saturated rings. The Kier molecular flexibility index (Phi) is 7.74. The van der Waals surface area contributed by atoms with Gasteiger partial charge in [0.25, 0.3) is 0 Å². The third-order valence-electron chi connectivity index (χ3n) is 0.631. The third-order valence-corrected chi connectivity index (χ3v) is 0.631. The van der Waals surface area contributed by atoms with Crippen molar-refractivity contribution >= 4 is 0 Å². The second-order valence-corrected chi connectivity index (χ2v) is 1.16. The zero-order valence-electron chi connectivity index (χ0n) is 4.75. The predicted octanol–water partition coefficient (Wildman–Crippen LogP) is -3.03. The summed E-state index contributed by atoms with van der Waals surface area (Å²) >= 11 is 0. The molecule has 1 aromatic rings. The number of halogens is 1. The molecule has 0 amide bonds. The van der Waals surface area contributed by atoms with Crippen molar-refractivity contribution in [2.75, 3.05) is 0 Å². The summed E-state index contributed by atoms with van der Waals surface area (Å²) in [6.07, 6.45) is 3.78. The van der Waals surface area contributed by atoms with Crippen LogP contribution in [0.15, 0.2) is 24.4 Å². The number of hydrogen-bond acceptors (Lipinski definition) is 0. The van der Waals surface area contributed by atoms with Crippen LogP contribution in [-0.2, 0) is 24.7 Å². The van der Waals surface area contributed by atoms with Crippen molar-refractivity contribution < 1.29 is 41.8 Å². The summed E-state index contributed by atoms with van der Waals surface area (Å²) in [4.78, 5) is 0. The first kappa shape index (κ1) is 11.6. The van der Waals surface area contributed by atoms with Gasteiger partial charge < -0.3 is 12.4 Å². The summed E-state index contributed by atoms with van der Waals surface area (Å²) in [6, 6.07) is 4.96. The maximum atomic E-state index is 10.1. The third kappa shape index (κ3) is 4.37. The molecular formula is C5H4ClNOZn-. The van der Waals surface area contributed by atoms with Crippen LogP contribution in [0.1, 0.15) is 0 Å². The molecule has 0 saturated heterocycles. The Bertz CT molecular complexity index is 147. The molecule has 0 N–H and O–H groups in total. The second kappa shape index (κ2) is 5.99. The van der Waals surface area contributed by atoms with Gasteiger partial charge in [0.05, 0.1) is 0 Å². The molecular weight excluding hydrogens is 191 g/mol. The Morgan fingerprint density at radius 2 is 2.00 bits per heavy atom. The van der Waals surface area contributed by atoms with Crippen LogP contribution in [-0.4, -0.2) is 0 Å². The van der Waals surface area contributed by atoms with Crippen molar-refractivity contribution in [1.29, 1.82) is 0 Å². The van der Waals surface area contributed by atoms with Crippen LogP contribution in [0.3, 0.4) is 0 Å². The van der Waals surface area contributed by atoms with Crippen LogP contribution in [0.25, 0.3) is 0 Å². The minimum atomic E-state index is 0. The normalized spacial score (nSPS) is 6.67. The van der Waals surface area contributed by atoms with Gasteiger partial charge in [0.1, 0.15) is 6.20 Å². The smallest absolute Gasteiger partial charge is 0.175 e. The van der Waals surface area contributed by atoms with Crippen molar-refractivity contribution in [3.63, 3.8) is 0 Å². The number of nitrogens with zero attached hydrogens (tertiary/aromatic N) is 1. The molecule has 1 aromatic heterocycles. The summed E-state index contributed by atoms with van der Waals surface area (Å²) in [6.45, 7) is 0. The Hall–Kier alpha value is -0.137. The molecule has 0 saturated carbocycles. The van der Waals surface area contributed by atoms with Crippen molar-refractivity contribution in [2.24, 2.45) is 0 Å². The van der Waals surface area contributed by atoms with E-state index in [0.717, 1.165) is 0 Å². The van der Waals surface area contributed by atoms with Crippen molar-refractivity contribution in [1.82, 2.24) is 0 Å². The standard InChI is InChI=1S/C5H4NO.ClH.Zn/c7-6-4-2-1-3-5-6;;/h1-4H;1H;/p-1. The van der Waals surface area contributed by atoms with Crippen molar-refractivity contribution in [2.45, 2.75) is 0 Å². The van der Waals surface area contributed by atoms with Crippen LogP contribution >= 0.6 is 0 Å². The second-order valence-electron chi connectivity index (χ2n) is 1.16. The SMILES string of the molecule is [Cl-].[O][n+]1[c-]cccc1.[Zn]. The predicted molar refractivity (Wildman–Crippen MR) is 21.6 cm³/mol. The van der Waals surface area contributed by atoms with E-state index in [0.29, 0.717) is 4.73 Å². The van der Waals surface area contributed by atoms with E-state index in [1.165, 1.54) is 6.20 Å². The minimum Gasteiger partial charge on any atom is -1.00 e. The fourth-order valence-electron chi connectivity index (χ4n) is 0.343. The fraction of sp³-hybridized carbons (Fsp3) is 0. The molecule has 1 heterocycles. The molecule has 0 atom stereocenters. The van der Waals surface area contributed by atoms with Gasteiger partial charge in [-0.25, -0.2) is 0 Å². The van der Waals surface area contributed by atoms with Gasteiger partial charge in [0.2, 0.25) is 0 Å². The molecule has 45 valence electrons. The summed E-state index contributed by atoms with van der Waals surface area (Å²) in [5, 5.41) is 10.1. The number of aromatic nitrogens is 1. The molecule has 0 aliphatic carbocycles. The van der Waals surface area contributed by atoms with Gasteiger partial charge in [-0.2, -0.15) is 6.07 Å².